The number of nitrogens with one attached hydrogen (secondary N) is 1. The number of pyridine rings is 1. The molecule has 5 rings (SSSR count). The molecule has 1 aliphatic heterocycles. The molecule has 9 nitrogen and oxygen atoms in total. The molecule has 0 saturated heterocycles. The zero-order valence-corrected chi connectivity index (χ0v) is 17.2. The van der Waals surface area contributed by atoms with Gasteiger partial charge in [0.15, 0.2) is 17.3 Å². The Labute approximate surface area is 178 Å². The van der Waals surface area contributed by atoms with Crippen molar-refractivity contribution in [1.29, 1.82) is 0 Å². The number of carbonyl (C=O) groups excluding carboxylic acids is 1. The summed E-state index contributed by atoms with van der Waals surface area (Å²) in [5.41, 5.74) is 9.27. The van der Waals surface area contributed by atoms with Crippen LogP contribution in [-0.2, 0) is 4.79 Å². The van der Waals surface area contributed by atoms with E-state index in [-0.39, 0.29) is 17.6 Å². The number of carbonyl (C=O) groups is 1. The number of ether oxygens (including phenoxy) is 2. The van der Waals surface area contributed by atoms with E-state index >= 15 is 0 Å². The van der Waals surface area contributed by atoms with E-state index in [0.29, 0.717) is 35.9 Å². The first-order chi connectivity index (χ1) is 15.1. The van der Waals surface area contributed by atoms with Crippen molar-refractivity contribution in [3.05, 3.63) is 65.1 Å². The largest absolute Gasteiger partial charge is 0.493 e. The molecule has 0 bridgehead atoms. The second-order valence-corrected chi connectivity index (χ2v) is 7.59. The molecular formula is C22H22N6O3. The lowest BCUT2D eigenvalue weighted by Crippen LogP contribution is -2.33. The topological polar surface area (TPSA) is 117 Å². The van der Waals surface area contributed by atoms with Gasteiger partial charge in [-0.15, -0.1) is 5.10 Å². The first-order valence-electron chi connectivity index (χ1n) is 9.96. The summed E-state index contributed by atoms with van der Waals surface area (Å²) in [7, 11) is 3.21. The molecule has 158 valence electrons. The van der Waals surface area contributed by atoms with Crippen molar-refractivity contribution in [3.63, 3.8) is 0 Å². The molecule has 3 heterocycles. The fraction of sp³-hybridized carbons (Fsp3) is 0.273. The first kappa shape index (κ1) is 19.1. The maximum atomic E-state index is 13.4. The van der Waals surface area contributed by atoms with E-state index in [1.807, 2.05) is 30.3 Å². The maximum absolute atomic E-state index is 13.4. The molecule has 1 aliphatic carbocycles. The Bertz CT molecular complexity index is 1190. The fourth-order valence-electron chi connectivity index (χ4n) is 4.42. The van der Waals surface area contributed by atoms with Crippen LogP contribution in [0, 0.1) is 0 Å². The van der Waals surface area contributed by atoms with Gasteiger partial charge >= 0.3 is 0 Å². The SMILES string of the molecule is COc1ccc([C@@H]2CC(=O)C3=C(C2)Nc2nc(N)nn2[C@H]3c2cccnc2)cc1OC. The average molecular weight is 418 g/mol. The number of anilines is 2. The Morgan fingerprint density at radius 1 is 1.13 bits per heavy atom. The molecule has 0 fully saturated rings. The number of ketones is 1. The van der Waals surface area contributed by atoms with Crippen LogP contribution >= 0.6 is 0 Å². The molecule has 1 aromatic carbocycles. The zero-order valence-electron chi connectivity index (χ0n) is 17.2. The number of benzene rings is 1. The Balaban J connectivity index is 1.57. The number of allylic oxidation sites excluding steroid dienone is 2. The molecule has 3 aromatic rings. The summed E-state index contributed by atoms with van der Waals surface area (Å²) in [6, 6.07) is 9.15. The molecule has 0 amide bonds. The van der Waals surface area contributed by atoms with Crippen LogP contribution in [-0.4, -0.2) is 39.8 Å². The minimum atomic E-state index is -0.413. The molecule has 0 spiro atoms. The molecule has 3 N–H and O–H groups in total. The quantitative estimate of drug-likeness (QED) is 0.664. The Kier molecular flexibility index (Phi) is 4.58. The number of nitrogens with two attached hydrogens (primary N) is 1. The second-order valence-electron chi connectivity index (χ2n) is 7.59. The van der Waals surface area contributed by atoms with Crippen LogP contribution in [0.25, 0.3) is 0 Å². The number of fused-ring (bicyclic) bond motifs is 1. The highest BCUT2D eigenvalue weighted by atomic mass is 16.5. The fourth-order valence-corrected chi connectivity index (χ4v) is 4.42. The lowest BCUT2D eigenvalue weighted by atomic mass is 9.78. The van der Waals surface area contributed by atoms with Crippen LogP contribution in [0.5, 0.6) is 11.5 Å². The van der Waals surface area contributed by atoms with Gasteiger partial charge in [-0.2, -0.15) is 4.98 Å². The number of nitrogens with zero attached hydrogens (tertiary/aromatic N) is 4. The highest BCUT2D eigenvalue weighted by molar-refractivity contribution is 6.00. The minimum absolute atomic E-state index is 0.0000714. The van der Waals surface area contributed by atoms with E-state index in [4.69, 9.17) is 15.2 Å². The van der Waals surface area contributed by atoms with Crippen molar-refractivity contribution in [2.75, 3.05) is 25.3 Å². The molecule has 0 unspecified atom stereocenters. The number of aromatic nitrogens is 4. The number of hydrogen-bond donors (Lipinski definition) is 2. The normalized spacial score (nSPS) is 20.0. The molecule has 2 aromatic heterocycles. The Hall–Kier alpha value is -3.88. The number of nitrogen functional groups attached to an aromatic ring is 1. The third-order valence-corrected chi connectivity index (χ3v) is 5.82. The van der Waals surface area contributed by atoms with Crippen molar-refractivity contribution in [3.8, 4) is 11.5 Å². The van der Waals surface area contributed by atoms with Crippen molar-refractivity contribution in [2.24, 2.45) is 0 Å². The summed E-state index contributed by atoms with van der Waals surface area (Å²) in [6.07, 6.45) is 4.48. The average Bonchev–Trinajstić information content (AvgIpc) is 3.17. The molecule has 9 heteroatoms. The van der Waals surface area contributed by atoms with E-state index in [1.165, 1.54) is 0 Å². The summed E-state index contributed by atoms with van der Waals surface area (Å²) in [5.74, 6) is 2.03. The summed E-state index contributed by atoms with van der Waals surface area (Å²) >= 11 is 0. The van der Waals surface area contributed by atoms with E-state index in [0.717, 1.165) is 16.8 Å². The Morgan fingerprint density at radius 2 is 1.97 bits per heavy atom. The van der Waals surface area contributed by atoms with Gasteiger partial charge in [0.1, 0.15) is 6.04 Å². The number of rotatable bonds is 4. The standard InChI is InChI=1S/C22H22N6O3/c1-30-17-6-5-12(10-18(17)31-2)14-8-15-19(16(29)9-14)20(13-4-3-7-24-11-13)28-22(25-15)26-21(23)27-28/h3-7,10-11,14,20H,8-9H2,1-2H3,(H3,23,25,26,27)/t14-,20-/m0/s1. The van der Waals surface area contributed by atoms with Crippen molar-refractivity contribution >= 4 is 17.7 Å². The highest BCUT2D eigenvalue weighted by Gasteiger charge is 2.39. The van der Waals surface area contributed by atoms with Crippen molar-refractivity contribution in [2.45, 2.75) is 24.8 Å². The summed E-state index contributed by atoms with van der Waals surface area (Å²) in [4.78, 5) is 22.0. The monoisotopic (exact) mass is 418 g/mol. The first-order valence-corrected chi connectivity index (χ1v) is 9.96. The van der Waals surface area contributed by atoms with E-state index in [1.54, 1.807) is 31.3 Å². The second kappa shape index (κ2) is 7.42. The summed E-state index contributed by atoms with van der Waals surface area (Å²) in [6.45, 7) is 0. The Morgan fingerprint density at radius 3 is 2.71 bits per heavy atom. The third kappa shape index (κ3) is 3.18. The van der Waals surface area contributed by atoms with Crippen LogP contribution in [0.3, 0.4) is 0 Å². The number of Topliss-reactive ketones (excluding diaryl/α,β-unsaturated/α-hetero) is 1. The zero-order chi connectivity index (χ0) is 21.5. The number of methoxy groups -OCH3 is 2. The van der Waals surface area contributed by atoms with Gasteiger partial charge in [-0.25, -0.2) is 4.68 Å². The van der Waals surface area contributed by atoms with Gasteiger partial charge in [0.2, 0.25) is 11.9 Å². The number of hydrogen-bond acceptors (Lipinski definition) is 8. The van der Waals surface area contributed by atoms with Gasteiger partial charge in [0, 0.05) is 30.1 Å². The van der Waals surface area contributed by atoms with Crippen LogP contribution < -0.4 is 20.5 Å². The van der Waals surface area contributed by atoms with Crippen LogP contribution in [0.1, 0.15) is 35.9 Å². The lowest BCUT2D eigenvalue weighted by Gasteiger charge is -2.35. The predicted molar refractivity (Wildman–Crippen MR) is 114 cm³/mol. The van der Waals surface area contributed by atoms with Gasteiger partial charge in [-0.3, -0.25) is 9.78 Å². The molecule has 0 radical (unpaired) electrons. The predicted octanol–water partition coefficient (Wildman–Crippen LogP) is 2.69. The van der Waals surface area contributed by atoms with E-state index < -0.39 is 6.04 Å². The maximum Gasteiger partial charge on any atom is 0.241 e. The van der Waals surface area contributed by atoms with Crippen LogP contribution in [0.4, 0.5) is 11.9 Å². The minimum Gasteiger partial charge on any atom is -0.493 e. The van der Waals surface area contributed by atoms with Gasteiger partial charge < -0.3 is 20.5 Å². The van der Waals surface area contributed by atoms with Crippen LogP contribution in [0.2, 0.25) is 0 Å². The molecule has 2 atom stereocenters. The van der Waals surface area contributed by atoms with Crippen molar-refractivity contribution < 1.29 is 14.3 Å². The van der Waals surface area contributed by atoms with E-state index in [2.05, 4.69) is 20.4 Å². The molecule has 0 saturated carbocycles. The van der Waals surface area contributed by atoms with Gasteiger partial charge in [0.05, 0.1) is 14.2 Å². The molecule has 31 heavy (non-hydrogen) atoms. The molecular weight excluding hydrogens is 396 g/mol. The summed E-state index contributed by atoms with van der Waals surface area (Å²) in [5, 5.41) is 7.62. The van der Waals surface area contributed by atoms with Gasteiger partial charge in [0.25, 0.3) is 0 Å². The smallest absolute Gasteiger partial charge is 0.241 e. The van der Waals surface area contributed by atoms with Crippen LogP contribution in [0.15, 0.2) is 54.0 Å². The molecule has 2 aliphatic rings. The van der Waals surface area contributed by atoms with Gasteiger partial charge in [-0.05, 0) is 41.7 Å². The lowest BCUT2D eigenvalue weighted by molar-refractivity contribution is -0.116. The van der Waals surface area contributed by atoms with Gasteiger partial charge in [-0.1, -0.05) is 12.1 Å². The highest BCUT2D eigenvalue weighted by Crippen LogP contribution is 2.45. The van der Waals surface area contributed by atoms with Crippen molar-refractivity contribution in [1.82, 2.24) is 19.7 Å². The third-order valence-electron chi connectivity index (χ3n) is 5.82. The van der Waals surface area contributed by atoms with E-state index in [9.17, 15) is 4.79 Å². The summed E-state index contributed by atoms with van der Waals surface area (Å²) < 4.78 is 12.5.